The molecule has 2 rings (SSSR count). The van der Waals surface area contributed by atoms with Gasteiger partial charge in [0.25, 0.3) is 0 Å². The van der Waals surface area contributed by atoms with Crippen LogP contribution in [0.25, 0.3) is 0 Å². The molecule has 0 spiro atoms. The number of nitrogens with two attached hydrogens (primary N) is 1. The highest BCUT2D eigenvalue weighted by atomic mass is 16.1. The van der Waals surface area contributed by atoms with Crippen LogP contribution in [0.1, 0.15) is 16.1 Å². The predicted octanol–water partition coefficient (Wildman–Crippen LogP) is -0.0332. The third-order valence-corrected chi connectivity index (χ3v) is 2.28. The molecule has 0 aliphatic carbocycles. The van der Waals surface area contributed by atoms with Gasteiger partial charge < -0.3 is 5.73 Å². The van der Waals surface area contributed by atoms with Crippen molar-refractivity contribution in [2.45, 2.75) is 0 Å². The van der Waals surface area contributed by atoms with E-state index in [1.165, 1.54) is 15.6 Å². The smallest absolute Gasteiger partial charge is 0.216 e. The summed E-state index contributed by atoms with van der Waals surface area (Å²) in [6.45, 7) is 0. The Hall–Kier alpha value is -2.11. The quantitative estimate of drug-likeness (QED) is 0.698. The highest BCUT2D eigenvalue weighted by Gasteiger charge is 2.18. The van der Waals surface area contributed by atoms with Gasteiger partial charge in [-0.05, 0) is 6.07 Å². The predicted molar refractivity (Wildman–Crippen MR) is 54.3 cm³/mol. The van der Waals surface area contributed by atoms with E-state index >= 15 is 0 Å². The molecule has 6 heteroatoms. The fourth-order valence-corrected chi connectivity index (χ4v) is 1.36. The Labute approximate surface area is 86.3 Å². The number of aromatic nitrogens is 4. The van der Waals surface area contributed by atoms with Crippen molar-refractivity contribution in [2.24, 2.45) is 14.1 Å². The lowest BCUT2D eigenvalue weighted by Gasteiger charge is -2.00. The molecule has 78 valence electrons. The molecule has 0 fully saturated rings. The van der Waals surface area contributed by atoms with Gasteiger partial charge in [0.05, 0.1) is 11.8 Å². The van der Waals surface area contributed by atoms with Crippen molar-refractivity contribution in [2.75, 3.05) is 5.73 Å². The van der Waals surface area contributed by atoms with Crippen LogP contribution in [-0.2, 0) is 14.1 Å². The third-order valence-electron chi connectivity index (χ3n) is 2.28. The minimum Gasteiger partial charge on any atom is -0.383 e. The second kappa shape index (κ2) is 3.23. The van der Waals surface area contributed by atoms with Gasteiger partial charge in [0.1, 0.15) is 11.5 Å². The normalized spacial score (nSPS) is 10.5. The molecular formula is C9H11N5O. The molecule has 0 atom stereocenters. The molecule has 0 bridgehead atoms. The first-order valence-electron chi connectivity index (χ1n) is 4.41. The first kappa shape index (κ1) is 9.45. The number of hydrogen-bond acceptors (Lipinski definition) is 4. The molecule has 0 radical (unpaired) electrons. The van der Waals surface area contributed by atoms with Crippen LogP contribution in [0, 0.1) is 0 Å². The Morgan fingerprint density at radius 3 is 2.53 bits per heavy atom. The Morgan fingerprint density at radius 1 is 1.33 bits per heavy atom. The molecule has 0 saturated carbocycles. The molecule has 0 aliphatic heterocycles. The van der Waals surface area contributed by atoms with Gasteiger partial charge in [-0.2, -0.15) is 10.2 Å². The van der Waals surface area contributed by atoms with Crippen LogP contribution in [0.3, 0.4) is 0 Å². The maximum absolute atomic E-state index is 12.0. The molecule has 0 unspecified atom stereocenters. The summed E-state index contributed by atoms with van der Waals surface area (Å²) < 4.78 is 2.97. The van der Waals surface area contributed by atoms with Crippen LogP contribution in [0.2, 0.25) is 0 Å². The number of hydrogen-bond donors (Lipinski definition) is 1. The average molecular weight is 205 g/mol. The highest BCUT2D eigenvalue weighted by Crippen LogP contribution is 2.14. The third kappa shape index (κ3) is 1.39. The van der Waals surface area contributed by atoms with E-state index in [4.69, 9.17) is 5.73 Å². The standard InChI is InChI=1S/C9H11N5O/c1-13-7(3-4-11-13)8(15)6-5-12-14(2)9(6)10/h3-5H,10H2,1-2H3. The van der Waals surface area contributed by atoms with Crippen molar-refractivity contribution < 1.29 is 4.79 Å². The van der Waals surface area contributed by atoms with E-state index in [-0.39, 0.29) is 5.78 Å². The summed E-state index contributed by atoms with van der Waals surface area (Å²) in [6, 6.07) is 1.65. The van der Waals surface area contributed by atoms with Crippen molar-refractivity contribution >= 4 is 11.6 Å². The van der Waals surface area contributed by atoms with E-state index in [0.717, 1.165) is 0 Å². The second-order valence-electron chi connectivity index (χ2n) is 3.24. The zero-order valence-electron chi connectivity index (χ0n) is 8.51. The number of ketones is 1. The Balaban J connectivity index is 2.46. The topological polar surface area (TPSA) is 78.7 Å². The van der Waals surface area contributed by atoms with Gasteiger partial charge in [-0.25, -0.2) is 0 Å². The van der Waals surface area contributed by atoms with E-state index < -0.39 is 0 Å². The Morgan fingerprint density at radius 2 is 2.07 bits per heavy atom. The van der Waals surface area contributed by atoms with E-state index in [1.807, 2.05) is 0 Å². The summed E-state index contributed by atoms with van der Waals surface area (Å²) >= 11 is 0. The van der Waals surface area contributed by atoms with Crippen LogP contribution in [-0.4, -0.2) is 25.3 Å². The molecule has 0 saturated heterocycles. The highest BCUT2D eigenvalue weighted by molar-refractivity contribution is 6.10. The van der Waals surface area contributed by atoms with Gasteiger partial charge in [0, 0.05) is 20.3 Å². The molecule has 0 aromatic carbocycles. The van der Waals surface area contributed by atoms with Crippen LogP contribution in [0.4, 0.5) is 5.82 Å². The molecule has 2 N–H and O–H groups in total. The molecule has 6 nitrogen and oxygen atoms in total. The minimum atomic E-state index is -0.166. The fraction of sp³-hybridized carbons (Fsp3) is 0.222. The van der Waals surface area contributed by atoms with Crippen LogP contribution in [0.5, 0.6) is 0 Å². The minimum absolute atomic E-state index is 0.166. The maximum Gasteiger partial charge on any atom is 0.216 e. The van der Waals surface area contributed by atoms with Crippen molar-refractivity contribution in [1.29, 1.82) is 0 Å². The molecule has 2 aromatic heterocycles. The molecule has 2 heterocycles. The monoisotopic (exact) mass is 205 g/mol. The number of carbonyl (C=O) groups is 1. The molecule has 2 aromatic rings. The summed E-state index contributed by atoms with van der Waals surface area (Å²) in [5, 5.41) is 7.85. The number of nitrogens with zero attached hydrogens (tertiary/aromatic N) is 4. The lowest BCUT2D eigenvalue weighted by molar-refractivity contribution is 0.103. The van der Waals surface area contributed by atoms with Gasteiger partial charge in [-0.1, -0.05) is 0 Å². The molecule has 0 amide bonds. The van der Waals surface area contributed by atoms with E-state index in [9.17, 15) is 4.79 Å². The summed E-state index contributed by atoms with van der Waals surface area (Å²) in [5.74, 6) is 0.196. The summed E-state index contributed by atoms with van der Waals surface area (Å²) in [7, 11) is 3.40. The zero-order valence-corrected chi connectivity index (χ0v) is 8.51. The van der Waals surface area contributed by atoms with E-state index in [2.05, 4.69) is 10.2 Å². The first-order chi connectivity index (χ1) is 7.11. The second-order valence-corrected chi connectivity index (χ2v) is 3.24. The zero-order chi connectivity index (χ0) is 11.0. The summed E-state index contributed by atoms with van der Waals surface area (Å²) in [6.07, 6.45) is 3.03. The first-order valence-corrected chi connectivity index (χ1v) is 4.41. The van der Waals surface area contributed by atoms with E-state index in [0.29, 0.717) is 17.1 Å². The van der Waals surface area contributed by atoms with Crippen molar-refractivity contribution in [3.63, 3.8) is 0 Å². The lowest BCUT2D eigenvalue weighted by Crippen LogP contribution is -2.10. The van der Waals surface area contributed by atoms with Crippen molar-refractivity contribution in [3.8, 4) is 0 Å². The van der Waals surface area contributed by atoms with E-state index in [1.54, 1.807) is 26.4 Å². The van der Waals surface area contributed by atoms with Crippen LogP contribution in [0.15, 0.2) is 18.5 Å². The molecule has 15 heavy (non-hydrogen) atoms. The van der Waals surface area contributed by atoms with Gasteiger partial charge in [-0.3, -0.25) is 14.2 Å². The molecule has 0 aliphatic rings. The average Bonchev–Trinajstić information content (AvgIpc) is 2.75. The van der Waals surface area contributed by atoms with Crippen LogP contribution >= 0.6 is 0 Å². The number of aryl methyl sites for hydroxylation is 2. The fourth-order valence-electron chi connectivity index (χ4n) is 1.36. The van der Waals surface area contributed by atoms with Crippen LogP contribution < -0.4 is 5.73 Å². The maximum atomic E-state index is 12.0. The summed E-state index contributed by atoms with van der Waals surface area (Å²) in [4.78, 5) is 12.0. The largest absolute Gasteiger partial charge is 0.383 e. The SMILES string of the molecule is Cn1nccc1C(=O)c1cnn(C)c1N. The molecular weight excluding hydrogens is 194 g/mol. The van der Waals surface area contributed by atoms with Crippen molar-refractivity contribution in [3.05, 3.63) is 29.7 Å². The summed E-state index contributed by atoms with van der Waals surface area (Å²) in [5.41, 5.74) is 6.61. The van der Waals surface area contributed by atoms with Gasteiger partial charge in [0.15, 0.2) is 0 Å². The number of nitrogen functional groups attached to an aromatic ring is 1. The van der Waals surface area contributed by atoms with Gasteiger partial charge >= 0.3 is 0 Å². The lowest BCUT2D eigenvalue weighted by atomic mass is 10.1. The number of carbonyl (C=O) groups excluding carboxylic acids is 1. The Bertz CT molecular complexity index is 510. The van der Waals surface area contributed by atoms with Gasteiger partial charge in [0.2, 0.25) is 5.78 Å². The van der Waals surface area contributed by atoms with Crippen molar-refractivity contribution in [1.82, 2.24) is 19.6 Å². The van der Waals surface area contributed by atoms with Gasteiger partial charge in [-0.15, -0.1) is 0 Å². The Kier molecular flexibility index (Phi) is 2.03. The number of rotatable bonds is 2. The number of anilines is 1.